The molecule has 0 radical (unpaired) electrons. The molecule has 2 aliphatic heterocycles. The van der Waals surface area contributed by atoms with Crippen LogP contribution in [-0.2, 0) is 36.0 Å². The Labute approximate surface area is 196 Å². The molecule has 0 fully saturated rings. The van der Waals surface area contributed by atoms with Crippen LogP contribution >= 0.6 is 11.6 Å². The minimum atomic E-state index is -0.549. The Kier molecular flexibility index (Phi) is 3.92. The van der Waals surface area contributed by atoms with E-state index in [9.17, 15) is 4.79 Å². The lowest BCUT2D eigenvalue weighted by molar-refractivity contribution is -0.120. The first-order valence-electron chi connectivity index (χ1n) is 11.3. The SMILES string of the molecule is O=C1Nc2ncccc2C12Cc1cc3ccc(CN4CCc5cc(Cl)ccc54)nc3cc1C2. The van der Waals surface area contributed by atoms with Crippen LogP contribution in [-0.4, -0.2) is 22.4 Å². The number of nitrogens with zero attached hydrogens (tertiary/aromatic N) is 3. The minimum Gasteiger partial charge on any atom is -0.365 e. The normalized spacial score (nSPS) is 20.3. The number of carbonyl (C=O) groups excluding carboxylic acids is 1. The number of rotatable bonds is 2. The summed E-state index contributed by atoms with van der Waals surface area (Å²) in [5, 5.41) is 4.90. The number of aromatic nitrogens is 2. The van der Waals surface area contributed by atoms with Gasteiger partial charge in [0.05, 0.1) is 23.2 Å². The average molecular weight is 453 g/mol. The molecule has 6 heteroatoms. The monoisotopic (exact) mass is 452 g/mol. The first-order chi connectivity index (χ1) is 16.1. The van der Waals surface area contributed by atoms with Gasteiger partial charge in [0.2, 0.25) is 5.91 Å². The van der Waals surface area contributed by atoms with Crippen molar-refractivity contribution in [1.82, 2.24) is 9.97 Å². The maximum Gasteiger partial charge on any atom is 0.237 e. The second kappa shape index (κ2) is 6.78. The van der Waals surface area contributed by atoms with E-state index in [0.29, 0.717) is 18.7 Å². The number of halogens is 1. The molecule has 1 N–H and O–H groups in total. The van der Waals surface area contributed by atoms with Crippen LogP contribution in [0.1, 0.15) is 27.9 Å². The summed E-state index contributed by atoms with van der Waals surface area (Å²) in [6.07, 6.45) is 4.14. The average Bonchev–Trinajstić information content (AvgIpc) is 3.46. The van der Waals surface area contributed by atoms with Crippen LogP contribution in [0.15, 0.2) is 60.8 Å². The molecule has 1 spiro atoms. The molecule has 0 bridgehead atoms. The number of pyridine rings is 2. The van der Waals surface area contributed by atoms with Crippen LogP contribution in [0.5, 0.6) is 0 Å². The third-order valence-electron chi connectivity index (χ3n) is 7.43. The summed E-state index contributed by atoms with van der Waals surface area (Å²) in [5.41, 5.74) is 7.49. The van der Waals surface area contributed by atoms with Crippen molar-refractivity contribution in [3.05, 3.63) is 93.8 Å². The molecule has 4 aromatic rings. The molecule has 1 atom stereocenters. The van der Waals surface area contributed by atoms with E-state index in [1.807, 2.05) is 18.2 Å². The summed E-state index contributed by atoms with van der Waals surface area (Å²) in [7, 11) is 0. The number of benzene rings is 2. The third kappa shape index (κ3) is 2.82. The van der Waals surface area contributed by atoms with Crippen molar-refractivity contribution in [2.24, 2.45) is 0 Å². The topological polar surface area (TPSA) is 58.1 Å². The van der Waals surface area contributed by atoms with Crippen LogP contribution < -0.4 is 10.2 Å². The number of nitrogens with one attached hydrogen (secondary N) is 1. The number of hydrogen-bond acceptors (Lipinski definition) is 4. The molecule has 1 amide bonds. The lowest BCUT2D eigenvalue weighted by Crippen LogP contribution is -2.35. The van der Waals surface area contributed by atoms with Gasteiger partial charge in [-0.15, -0.1) is 0 Å². The molecular weight excluding hydrogens is 432 g/mol. The summed E-state index contributed by atoms with van der Waals surface area (Å²) in [6.45, 7) is 1.75. The van der Waals surface area contributed by atoms with E-state index in [2.05, 4.69) is 51.6 Å². The van der Waals surface area contributed by atoms with Crippen LogP contribution in [0.4, 0.5) is 11.5 Å². The van der Waals surface area contributed by atoms with Crippen molar-refractivity contribution in [3.63, 3.8) is 0 Å². The Hall–Kier alpha value is -3.44. The smallest absolute Gasteiger partial charge is 0.237 e. The largest absolute Gasteiger partial charge is 0.365 e. The molecule has 3 aliphatic rings. The lowest BCUT2D eigenvalue weighted by atomic mass is 9.79. The van der Waals surface area contributed by atoms with Crippen molar-refractivity contribution in [1.29, 1.82) is 0 Å². The highest BCUT2D eigenvalue weighted by molar-refractivity contribution is 6.30. The zero-order chi connectivity index (χ0) is 22.2. The number of amides is 1. The summed E-state index contributed by atoms with van der Waals surface area (Å²) in [6, 6.07) is 18.8. The molecule has 4 heterocycles. The van der Waals surface area contributed by atoms with Crippen molar-refractivity contribution in [3.8, 4) is 0 Å². The van der Waals surface area contributed by atoms with E-state index in [4.69, 9.17) is 16.6 Å². The highest BCUT2D eigenvalue weighted by Gasteiger charge is 2.51. The fourth-order valence-corrected chi connectivity index (χ4v) is 6.02. The van der Waals surface area contributed by atoms with Gasteiger partial charge in [-0.25, -0.2) is 4.98 Å². The third-order valence-corrected chi connectivity index (χ3v) is 7.66. The van der Waals surface area contributed by atoms with Crippen molar-refractivity contribution < 1.29 is 4.79 Å². The Balaban J connectivity index is 1.22. The number of fused-ring (bicyclic) bond motifs is 5. The molecule has 162 valence electrons. The van der Waals surface area contributed by atoms with E-state index in [1.165, 1.54) is 22.4 Å². The molecule has 7 rings (SSSR count). The Morgan fingerprint density at radius 3 is 2.82 bits per heavy atom. The van der Waals surface area contributed by atoms with Gasteiger partial charge in [-0.05, 0) is 78.4 Å². The highest BCUT2D eigenvalue weighted by Crippen LogP contribution is 2.47. The van der Waals surface area contributed by atoms with Gasteiger partial charge in [0, 0.05) is 34.4 Å². The fourth-order valence-electron chi connectivity index (χ4n) is 5.82. The van der Waals surface area contributed by atoms with Crippen molar-refractivity contribution in [2.45, 2.75) is 31.2 Å². The predicted octanol–water partition coefficient (Wildman–Crippen LogP) is 4.83. The summed E-state index contributed by atoms with van der Waals surface area (Å²) in [5.74, 6) is 0.755. The van der Waals surface area contributed by atoms with Crippen molar-refractivity contribution >= 4 is 39.9 Å². The lowest BCUT2D eigenvalue weighted by Gasteiger charge is -2.20. The molecule has 2 aromatic carbocycles. The van der Waals surface area contributed by atoms with Gasteiger partial charge in [-0.1, -0.05) is 23.7 Å². The van der Waals surface area contributed by atoms with Gasteiger partial charge < -0.3 is 10.2 Å². The van der Waals surface area contributed by atoms with Crippen LogP contribution in [0.3, 0.4) is 0 Å². The molecule has 1 aliphatic carbocycles. The van der Waals surface area contributed by atoms with Crippen LogP contribution in [0.25, 0.3) is 10.9 Å². The van der Waals surface area contributed by atoms with E-state index in [-0.39, 0.29) is 5.91 Å². The van der Waals surface area contributed by atoms with E-state index < -0.39 is 5.41 Å². The number of hydrogen-bond donors (Lipinski definition) is 1. The second-order valence-electron chi connectivity index (χ2n) is 9.35. The van der Waals surface area contributed by atoms with Crippen LogP contribution in [0.2, 0.25) is 5.02 Å². The first-order valence-corrected chi connectivity index (χ1v) is 11.7. The molecule has 0 saturated carbocycles. The molecule has 2 aromatic heterocycles. The molecule has 5 nitrogen and oxygen atoms in total. The highest BCUT2D eigenvalue weighted by atomic mass is 35.5. The minimum absolute atomic E-state index is 0.0536. The van der Waals surface area contributed by atoms with Gasteiger partial charge in [-0.2, -0.15) is 0 Å². The molecule has 33 heavy (non-hydrogen) atoms. The van der Waals surface area contributed by atoms with Gasteiger partial charge in [-0.3, -0.25) is 9.78 Å². The summed E-state index contributed by atoms with van der Waals surface area (Å²) >= 11 is 6.17. The molecule has 0 saturated heterocycles. The maximum atomic E-state index is 13.0. The first kappa shape index (κ1) is 19.1. The quantitative estimate of drug-likeness (QED) is 0.473. The number of anilines is 2. The zero-order valence-corrected chi connectivity index (χ0v) is 18.7. The van der Waals surface area contributed by atoms with Gasteiger partial charge in [0.25, 0.3) is 0 Å². The molecule has 1 unspecified atom stereocenters. The van der Waals surface area contributed by atoms with Crippen LogP contribution in [0, 0.1) is 0 Å². The zero-order valence-electron chi connectivity index (χ0n) is 17.9. The Bertz CT molecular complexity index is 1480. The van der Waals surface area contributed by atoms with Gasteiger partial charge >= 0.3 is 0 Å². The fraction of sp³-hybridized carbons (Fsp3) is 0.222. The second-order valence-corrected chi connectivity index (χ2v) is 9.79. The van der Waals surface area contributed by atoms with Gasteiger partial charge in [0.15, 0.2) is 0 Å². The summed E-state index contributed by atoms with van der Waals surface area (Å²) in [4.78, 5) is 24.8. The Morgan fingerprint density at radius 1 is 1.03 bits per heavy atom. The maximum absolute atomic E-state index is 13.0. The van der Waals surface area contributed by atoms with Crippen molar-refractivity contribution in [2.75, 3.05) is 16.8 Å². The summed E-state index contributed by atoms with van der Waals surface area (Å²) < 4.78 is 0. The standard InChI is InChI=1S/C27H21ClN4O/c28-20-4-6-24-17(11-20)7-9-32(24)15-21-5-3-16-10-18-13-27(14-19(18)12-23(16)30-21)22-2-1-8-29-25(22)31-26(27)33/h1-6,8,10-12H,7,9,13-15H2,(H,29,31,33). The number of carbonyl (C=O) groups is 1. The van der Waals surface area contributed by atoms with Gasteiger partial charge in [0.1, 0.15) is 5.82 Å². The predicted molar refractivity (Wildman–Crippen MR) is 130 cm³/mol. The van der Waals surface area contributed by atoms with E-state index >= 15 is 0 Å². The van der Waals surface area contributed by atoms with E-state index in [0.717, 1.165) is 46.7 Å². The Morgan fingerprint density at radius 2 is 1.91 bits per heavy atom. The van der Waals surface area contributed by atoms with E-state index in [1.54, 1.807) is 6.20 Å². The molecular formula is C27H21ClN4O.